The maximum atomic E-state index is 14.4. The third-order valence-electron chi connectivity index (χ3n) is 9.97. The second-order valence-electron chi connectivity index (χ2n) is 11.4. The van der Waals surface area contributed by atoms with E-state index in [2.05, 4.69) is 36.2 Å². The maximum absolute atomic E-state index is 14.4. The van der Waals surface area contributed by atoms with Crippen LogP contribution in [0.25, 0.3) is 10.8 Å². The number of Topliss-reactive ketones (excluding diaryl/α,β-unsaturated/α-hetero) is 1. The molecule has 3 aromatic rings. The number of hydrogen-bond acceptors (Lipinski definition) is 5. The molecule has 3 aromatic carbocycles. The SMILES string of the molecule is CN1CC[C@]23c4c5ccc(O)c4O[C@H]2C(=O)C2(Cc4cc6ccccc6cc4C2)C[C@@]3(O)[C@@H]1C5. The Morgan fingerprint density at radius 1 is 1.03 bits per heavy atom. The van der Waals surface area contributed by atoms with Crippen LogP contribution < -0.4 is 4.74 Å². The number of ketones is 1. The number of aromatic hydroxyl groups is 1. The summed E-state index contributed by atoms with van der Waals surface area (Å²) in [5.41, 5.74) is 1.85. The largest absolute Gasteiger partial charge is 0.504 e. The summed E-state index contributed by atoms with van der Waals surface area (Å²) in [5.74, 6) is 0.602. The monoisotopic (exact) mass is 453 g/mol. The van der Waals surface area contributed by atoms with Crippen molar-refractivity contribution in [3.05, 3.63) is 70.8 Å². The number of piperidine rings is 1. The van der Waals surface area contributed by atoms with Crippen molar-refractivity contribution >= 4 is 16.6 Å². The first-order valence-electron chi connectivity index (χ1n) is 12.4. The molecule has 34 heavy (non-hydrogen) atoms. The van der Waals surface area contributed by atoms with Crippen LogP contribution >= 0.6 is 0 Å². The molecular formula is C29H27NO4. The van der Waals surface area contributed by atoms with Gasteiger partial charge in [0, 0.05) is 17.0 Å². The molecule has 5 heteroatoms. The summed E-state index contributed by atoms with van der Waals surface area (Å²) in [6.45, 7) is 0.799. The normalized spacial score (nSPS) is 34.2. The Balaban J connectivity index is 1.33. The third kappa shape index (κ3) is 1.97. The second-order valence-corrected chi connectivity index (χ2v) is 11.4. The highest BCUT2D eigenvalue weighted by atomic mass is 16.5. The van der Waals surface area contributed by atoms with Crippen molar-refractivity contribution in [2.24, 2.45) is 5.41 Å². The van der Waals surface area contributed by atoms with Crippen molar-refractivity contribution in [3.8, 4) is 11.5 Å². The number of rotatable bonds is 0. The number of carbonyl (C=O) groups excluding carboxylic acids is 1. The highest BCUT2D eigenvalue weighted by Crippen LogP contribution is 2.68. The molecule has 2 fully saturated rings. The van der Waals surface area contributed by atoms with E-state index in [4.69, 9.17) is 4.74 Å². The van der Waals surface area contributed by atoms with Crippen molar-refractivity contribution in [1.29, 1.82) is 0 Å². The summed E-state index contributed by atoms with van der Waals surface area (Å²) < 4.78 is 6.41. The molecule has 2 bridgehead atoms. The molecule has 8 rings (SSSR count). The van der Waals surface area contributed by atoms with Gasteiger partial charge in [0.1, 0.15) is 0 Å². The molecular weight excluding hydrogens is 426 g/mol. The number of phenolic OH excluding ortho intramolecular Hbond substituents is 1. The molecule has 2 spiro atoms. The summed E-state index contributed by atoms with van der Waals surface area (Å²) in [5, 5.41) is 25.8. The number of phenols is 1. The van der Waals surface area contributed by atoms with Gasteiger partial charge < -0.3 is 19.8 Å². The topological polar surface area (TPSA) is 70.0 Å². The average molecular weight is 454 g/mol. The van der Waals surface area contributed by atoms with E-state index in [0.717, 1.165) is 17.7 Å². The molecule has 3 aliphatic carbocycles. The number of hydrogen-bond donors (Lipinski definition) is 2. The van der Waals surface area contributed by atoms with Gasteiger partial charge in [-0.25, -0.2) is 0 Å². The van der Waals surface area contributed by atoms with Gasteiger partial charge in [0.05, 0.1) is 11.0 Å². The van der Waals surface area contributed by atoms with Crippen molar-refractivity contribution in [3.63, 3.8) is 0 Å². The second kappa shape index (κ2) is 5.84. The minimum absolute atomic E-state index is 0.0741. The number of aliphatic hydroxyl groups is 1. The number of ether oxygens (including phenoxy) is 1. The van der Waals surface area contributed by atoms with E-state index in [1.54, 1.807) is 6.07 Å². The lowest BCUT2D eigenvalue weighted by atomic mass is 9.44. The van der Waals surface area contributed by atoms with Gasteiger partial charge in [-0.2, -0.15) is 0 Å². The number of benzene rings is 3. The summed E-state index contributed by atoms with van der Waals surface area (Å²) >= 11 is 0. The zero-order valence-corrected chi connectivity index (χ0v) is 19.2. The van der Waals surface area contributed by atoms with Crippen LogP contribution in [0, 0.1) is 5.41 Å². The van der Waals surface area contributed by atoms with Gasteiger partial charge in [0.25, 0.3) is 0 Å². The molecule has 0 aromatic heterocycles. The van der Waals surface area contributed by atoms with Crippen molar-refractivity contribution in [2.45, 2.75) is 55.3 Å². The molecule has 2 heterocycles. The Bertz CT molecular complexity index is 1400. The van der Waals surface area contributed by atoms with Crippen LogP contribution in [0.5, 0.6) is 11.5 Å². The minimum atomic E-state index is -1.09. The van der Waals surface area contributed by atoms with Gasteiger partial charge in [-0.3, -0.25) is 4.79 Å². The van der Waals surface area contributed by atoms with Gasteiger partial charge in [-0.05, 0) is 79.2 Å². The molecule has 2 aliphatic heterocycles. The van der Waals surface area contributed by atoms with Crippen LogP contribution in [0.3, 0.4) is 0 Å². The fourth-order valence-electron chi connectivity index (χ4n) is 8.55. The lowest BCUT2D eigenvalue weighted by Crippen LogP contribution is -2.79. The molecule has 0 radical (unpaired) electrons. The molecule has 5 nitrogen and oxygen atoms in total. The highest BCUT2D eigenvalue weighted by molar-refractivity contribution is 5.96. The Morgan fingerprint density at radius 3 is 2.44 bits per heavy atom. The van der Waals surface area contributed by atoms with E-state index in [1.165, 1.54) is 21.9 Å². The Morgan fingerprint density at radius 2 is 1.74 bits per heavy atom. The van der Waals surface area contributed by atoms with E-state index in [1.807, 2.05) is 18.2 Å². The third-order valence-corrected chi connectivity index (χ3v) is 9.97. The molecule has 1 saturated heterocycles. The first-order chi connectivity index (χ1) is 16.4. The predicted molar refractivity (Wildman–Crippen MR) is 127 cm³/mol. The minimum Gasteiger partial charge on any atom is -0.504 e. The first-order valence-corrected chi connectivity index (χ1v) is 12.4. The lowest BCUT2D eigenvalue weighted by molar-refractivity contribution is -0.206. The number of likely N-dealkylation sites (N-methyl/N-ethyl adjacent to an activating group) is 1. The average Bonchev–Trinajstić information content (AvgIpc) is 3.35. The molecule has 4 atom stereocenters. The summed E-state index contributed by atoms with van der Waals surface area (Å²) in [6, 6.07) is 16.3. The maximum Gasteiger partial charge on any atom is 0.181 e. The fraction of sp³-hybridized carbons (Fsp3) is 0.414. The van der Waals surface area contributed by atoms with Crippen LogP contribution in [0.4, 0.5) is 0 Å². The van der Waals surface area contributed by atoms with Gasteiger partial charge in [0.15, 0.2) is 23.4 Å². The molecule has 0 unspecified atom stereocenters. The van der Waals surface area contributed by atoms with Gasteiger partial charge in [-0.1, -0.05) is 42.5 Å². The molecule has 0 amide bonds. The van der Waals surface area contributed by atoms with Gasteiger partial charge >= 0.3 is 0 Å². The number of nitrogens with zero attached hydrogens (tertiary/aromatic N) is 1. The summed E-state index contributed by atoms with van der Waals surface area (Å²) in [7, 11) is 2.09. The Labute approximate surface area is 198 Å². The molecule has 5 aliphatic rings. The zero-order chi connectivity index (χ0) is 23.0. The van der Waals surface area contributed by atoms with Crippen LogP contribution in [-0.2, 0) is 29.5 Å². The summed E-state index contributed by atoms with van der Waals surface area (Å²) in [4.78, 5) is 16.7. The standard InChI is InChI=1S/C29H27NO4/c1-30-9-8-28-23-18-6-7-21(31)24(23)34-26(28)25(32)27(15-29(28,33)22(30)12-18)13-19-10-16-4-2-3-5-17(16)11-20(19)14-27/h2-7,10-11,22,26,31,33H,8-9,12-15H2,1H3/t22-,26-,28-,29+/m0/s1. The van der Waals surface area contributed by atoms with E-state index >= 15 is 0 Å². The quantitative estimate of drug-likeness (QED) is 0.547. The van der Waals surface area contributed by atoms with E-state index in [0.29, 0.717) is 37.9 Å². The predicted octanol–water partition coefficient (Wildman–Crippen LogP) is 3.29. The van der Waals surface area contributed by atoms with Gasteiger partial charge in [0.2, 0.25) is 0 Å². The Kier molecular flexibility index (Phi) is 3.33. The molecule has 1 saturated carbocycles. The summed E-state index contributed by atoms with van der Waals surface area (Å²) in [6.07, 6.45) is 2.31. The van der Waals surface area contributed by atoms with Gasteiger partial charge in [-0.15, -0.1) is 0 Å². The van der Waals surface area contributed by atoms with Crippen molar-refractivity contribution < 1.29 is 19.7 Å². The molecule has 2 N–H and O–H groups in total. The van der Waals surface area contributed by atoms with E-state index in [9.17, 15) is 15.0 Å². The van der Waals surface area contributed by atoms with E-state index < -0.39 is 22.5 Å². The fourth-order valence-corrected chi connectivity index (χ4v) is 8.55. The zero-order valence-electron chi connectivity index (χ0n) is 19.2. The van der Waals surface area contributed by atoms with Crippen LogP contribution in [0.1, 0.15) is 35.1 Å². The highest BCUT2D eigenvalue weighted by Gasteiger charge is 2.77. The van der Waals surface area contributed by atoms with Crippen LogP contribution in [0.15, 0.2) is 48.5 Å². The van der Waals surface area contributed by atoms with Crippen LogP contribution in [-0.4, -0.2) is 52.2 Å². The van der Waals surface area contributed by atoms with Crippen molar-refractivity contribution in [1.82, 2.24) is 4.90 Å². The van der Waals surface area contributed by atoms with Crippen LogP contribution in [0.2, 0.25) is 0 Å². The number of likely N-dealkylation sites (tertiary alicyclic amines) is 1. The first kappa shape index (κ1) is 19.4. The smallest absolute Gasteiger partial charge is 0.181 e. The number of fused-ring (bicyclic) bond motifs is 2. The van der Waals surface area contributed by atoms with E-state index in [-0.39, 0.29) is 17.6 Å². The molecule has 172 valence electrons. The Hall–Kier alpha value is -2.89. The van der Waals surface area contributed by atoms with Crippen molar-refractivity contribution in [2.75, 3.05) is 13.6 Å². The lowest BCUT2D eigenvalue weighted by Gasteiger charge is -2.64. The number of carbonyl (C=O) groups is 1.